The lowest BCUT2D eigenvalue weighted by molar-refractivity contribution is -0.120. The first-order valence-electron chi connectivity index (χ1n) is 6.92. The Morgan fingerprint density at radius 3 is 2.52 bits per heavy atom. The average molecular weight is 325 g/mol. The fourth-order valence-electron chi connectivity index (χ4n) is 1.98. The van der Waals surface area contributed by atoms with E-state index in [0.717, 1.165) is 5.56 Å². The molecular formula is C17H15N3O2S. The summed E-state index contributed by atoms with van der Waals surface area (Å²) in [6.07, 6.45) is -0.193. The number of hydrogen-bond acceptors (Lipinski definition) is 4. The molecule has 0 bridgehead atoms. The zero-order chi connectivity index (χ0) is 16.7. The van der Waals surface area contributed by atoms with E-state index >= 15 is 0 Å². The molecule has 0 heterocycles. The number of hydrogen-bond donors (Lipinski definition) is 3. The number of amides is 2. The fraction of sp³-hybridized carbons (Fsp3) is 0.118. The van der Waals surface area contributed by atoms with Crippen LogP contribution >= 0.6 is 12.6 Å². The molecule has 0 aliphatic heterocycles. The van der Waals surface area contributed by atoms with Gasteiger partial charge in [0.05, 0.1) is 11.6 Å². The van der Waals surface area contributed by atoms with Crippen LogP contribution in [0.2, 0.25) is 0 Å². The number of carbonyl (C=O) groups is 2. The number of rotatable bonds is 5. The summed E-state index contributed by atoms with van der Waals surface area (Å²) >= 11 is 4.27. The van der Waals surface area contributed by atoms with Crippen molar-refractivity contribution in [2.45, 2.75) is 17.9 Å². The maximum Gasteiger partial charge on any atom is 0.256 e. The molecule has 5 nitrogen and oxygen atoms in total. The largest absolute Gasteiger partial charge is 0.351 e. The highest BCUT2D eigenvalue weighted by Crippen LogP contribution is 2.19. The Bertz CT molecular complexity index is 768. The molecule has 23 heavy (non-hydrogen) atoms. The molecule has 0 atom stereocenters. The van der Waals surface area contributed by atoms with Crippen molar-refractivity contribution in [1.82, 2.24) is 5.32 Å². The van der Waals surface area contributed by atoms with Gasteiger partial charge in [-0.1, -0.05) is 30.3 Å². The molecule has 0 aliphatic rings. The van der Waals surface area contributed by atoms with Gasteiger partial charge in [0.25, 0.3) is 5.91 Å². The van der Waals surface area contributed by atoms with Crippen molar-refractivity contribution in [3.63, 3.8) is 0 Å². The molecule has 0 spiro atoms. The van der Waals surface area contributed by atoms with E-state index in [4.69, 9.17) is 5.26 Å². The van der Waals surface area contributed by atoms with Crippen molar-refractivity contribution in [3.8, 4) is 6.07 Å². The van der Waals surface area contributed by atoms with Gasteiger partial charge in [-0.3, -0.25) is 9.59 Å². The van der Waals surface area contributed by atoms with E-state index in [1.54, 1.807) is 48.5 Å². The van der Waals surface area contributed by atoms with E-state index in [-0.39, 0.29) is 24.8 Å². The Kier molecular flexibility index (Phi) is 5.78. The second-order valence-electron chi connectivity index (χ2n) is 4.74. The second kappa shape index (κ2) is 8.01. The van der Waals surface area contributed by atoms with Gasteiger partial charge in [0, 0.05) is 17.1 Å². The van der Waals surface area contributed by atoms with Crippen molar-refractivity contribution < 1.29 is 9.59 Å². The van der Waals surface area contributed by atoms with Crippen LogP contribution in [0, 0.1) is 11.3 Å². The zero-order valence-corrected chi connectivity index (χ0v) is 13.1. The lowest BCUT2D eigenvalue weighted by Gasteiger charge is -2.12. The van der Waals surface area contributed by atoms with Crippen LogP contribution in [0.5, 0.6) is 0 Å². The highest BCUT2D eigenvalue weighted by Gasteiger charge is 2.11. The van der Waals surface area contributed by atoms with Crippen molar-refractivity contribution in [1.29, 1.82) is 5.26 Å². The number of carbonyl (C=O) groups excluding carboxylic acids is 2. The number of benzene rings is 2. The molecular weight excluding hydrogens is 310 g/mol. The summed E-state index contributed by atoms with van der Waals surface area (Å²) in [7, 11) is 0. The maximum atomic E-state index is 12.3. The van der Waals surface area contributed by atoms with Gasteiger partial charge in [-0.25, -0.2) is 0 Å². The van der Waals surface area contributed by atoms with E-state index in [0.29, 0.717) is 16.1 Å². The number of thiol groups is 1. The van der Waals surface area contributed by atoms with Gasteiger partial charge < -0.3 is 10.6 Å². The van der Waals surface area contributed by atoms with Gasteiger partial charge in [-0.15, -0.1) is 12.6 Å². The average Bonchev–Trinajstić information content (AvgIpc) is 2.54. The quantitative estimate of drug-likeness (QED) is 0.739. The highest BCUT2D eigenvalue weighted by molar-refractivity contribution is 7.80. The second-order valence-corrected chi connectivity index (χ2v) is 5.22. The minimum Gasteiger partial charge on any atom is -0.351 e. The predicted octanol–water partition coefficient (Wildman–Crippen LogP) is 2.76. The van der Waals surface area contributed by atoms with Crippen molar-refractivity contribution in [2.75, 3.05) is 5.32 Å². The topological polar surface area (TPSA) is 82.0 Å². The van der Waals surface area contributed by atoms with Crippen LogP contribution in [0.15, 0.2) is 53.4 Å². The molecule has 0 radical (unpaired) electrons. The van der Waals surface area contributed by atoms with Crippen LogP contribution < -0.4 is 10.6 Å². The van der Waals surface area contributed by atoms with Crippen LogP contribution in [0.25, 0.3) is 0 Å². The SMILES string of the molecule is N#CCC(=O)NCc1ccccc1NC(=O)c1ccccc1S. The molecule has 0 aromatic heterocycles. The molecule has 0 unspecified atom stereocenters. The van der Waals surface area contributed by atoms with E-state index < -0.39 is 0 Å². The van der Waals surface area contributed by atoms with Crippen molar-refractivity contribution in [2.24, 2.45) is 0 Å². The molecule has 2 aromatic carbocycles. The number of anilines is 1. The first kappa shape index (κ1) is 16.6. The summed E-state index contributed by atoms with van der Waals surface area (Å²) in [5.41, 5.74) is 1.83. The number of nitriles is 1. The molecule has 2 amide bonds. The monoisotopic (exact) mass is 325 g/mol. The predicted molar refractivity (Wildman–Crippen MR) is 90.2 cm³/mol. The molecule has 2 rings (SSSR count). The van der Waals surface area contributed by atoms with Gasteiger partial charge in [0.1, 0.15) is 6.42 Å². The van der Waals surface area contributed by atoms with E-state index in [2.05, 4.69) is 23.3 Å². The van der Waals surface area contributed by atoms with Crippen molar-refractivity contribution in [3.05, 3.63) is 59.7 Å². The molecule has 0 saturated carbocycles. The molecule has 2 N–H and O–H groups in total. The maximum absolute atomic E-state index is 12.3. The van der Waals surface area contributed by atoms with E-state index in [9.17, 15) is 9.59 Å². The minimum atomic E-state index is -0.352. The Labute approximate surface area is 139 Å². The fourth-order valence-corrected chi connectivity index (χ4v) is 2.24. The summed E-state index contributed by atoms with van der Waals surface area (Å²) < 4.78 is 0. The van der Waals surface area contributed by atoms with Crippen LogP contribution in [0.3, 0.4) is 0 Å². The molecule has 0 saturated heterocycles. The Morgan fingerprint density at radius 1 is 1.09 bits per heavy atom. The van der Waals surface area contributed by atoms with Gasteiger partial charge >= 0.3 is 0 Å². The third-order valence-corrected chi connectivity index (χ3v) is 3.52. The van der Waals surface area contributed by atoms with Crippen LogP contribution in [0.4, 0.5) is 5.69 Å². The standard InChI is InChI=1S/C17H15N3O2S/c18-10-9-16(21)19-11-12-5-1-3-7-14(12)20-17(22)13-6-2-4-8-15(13)23/h1-8,23H,9,11H2,(H,19,21)(H,20,22). The summed E-state index contributed by atoms with van der Waals surface area (Å²) in [5.74, 6) is -0.624. The van der Waals surface area contributed by atoms with Gasteiger partial charge in [-0.2, -0.15) is 5.26 Å². The van der Waals surface area contributed by atoms with E-state index in [1.807, 2.05) is 6.07 Å². The third kappa shape index (κ3) is 4.59. The Balaban J connectivity index is 2.11. The lowest BCUT2D eigenvalue weighted by atomic mass is 10.1. The van der Waals surface area contributed by atoms with E-state index in [1.165, 1.54) is 0 Å². The third-order valence-electron chi connectivity index (χ3n) is 3.13. The Hall–Kier alpha value is -2.78. The van der Waals surface area contributed by atoms with Gasteiger partial charge in [0.2, 0.25) is 5.91 Å². The minimum absolute atomic E-state index is 0.193. The summed E-state index contributed by atoms with van der Waals surface area (Å²) in [6.45, 7) is 0.236. The first-order valence-corrected chi connectivity index (χ1v) is 7.37. The van der Waals surface area contributed by atoms with Gasteiger partial charge in [0.15, 0.2) is 0 Å². The first-order chi connectivity index (χ1) is 11.1. The van der Waals surface area contributed by atoms with Gasteiger partial charge in [-0.05, 0) is 23.8 Å². The molecule has 6 heteroatoms. The number of para-hydroxylation sites is 1. The molecule has 0 aliphatic carbocycles. The van der Waals surface area contributed by atoms with Crippen molar-refractivity contribution >= 4 is 30.1 Å². The van der Waals surface area contributed by atoms with Crippen LogP contribution in [-0.4, -0.2) is 11.8 Å². The lowest BCUT2D eigenvalue weighted by Crippen LogP contribution is -2.23. The smallest absolute Gasteiger partial charge is 0.256 e. The summed E-state index contributed by atoms with van der Waals surface area (Å²) in [6, 6.07) is 16.0. The molecule has 116 valence electrons. The highest BCUT2D eigenvalue weighted by atomic mass is 32.1. The number of nitrogens with zero attached hydrogens (tertiary/aromatic N) is 1. The normalized spacial score (nSPS) is 9.74. The number of nitrogens with one attached hydrogen (secondary N) is 2. The Morgan fingerprint density at radius 2 is 1.78 bits per heavy atom. The molecule has 2 aromatic rings. The van der Waals surface area contributed by atoms with Crippen LogP contribution in [0.1, 0.15) is 22.3 Å². The summed E-state index contributed by atoms with van der Waals surface area (Å²) in [4.78, 5) is 24.3. The van der Waals surface area contributed by atoms with Crippen LogP contribution in [-0.2, 0) is 11.3 Å². The molecule has 0 fully saturated rings. The zero-order valence-electron chi connectivity index (χ0n) is 12.2. The summed E-state index contributed by atoms with van der Waals surface area (Å²) in [5, 5.41) is 13.9.